The molecular formula is C22H20ClNO3S. The lowest BCUT2D eigenvalue weighted by atomic mass is 10.1. The number of carbonyl (C=O) groups is 1. The smallest absolute Gasteiger partial charge is 0.255 e. The van der Waals surface area contributed by atoms with E-state index in [1.54, 1.807) is 61.3 Å². The summed E-state index contributed by atoms with van der Waals surface area (Å²) in [6, 6.07) is 20.1. The summed E-state index contributed by atoms with van der Waals surface area (Å²) in [7, 11) is 1.59. The summed E-state index contributed by atoms with van der Waals surface area (Å²) in [6.07, 6.45) is 2.00. The van der Waals surface area contributed by atoms with Crippen molar-refractivity contribution in [1.29, 1.82) is 0 Å². The van der Waals surface area contributed by atoms with Gasteiger partial charge in [0.15, 0.2) is 0 Å². The monoisotopic (exact) mass is 413 g/mol. The van der Waals surface area contributed by atoms with Gasteiger partial charge in [-0.05, 0) is 66.9 Å². The predicted molar refractivity (Wildman–Crippen MR) is 115 cm³/mol. The van der Waals surface area contributed by atoms with Crippen LogP contribution < -0.4 is 14.8 Å². The zero-order valence-electron chi connectivity index (χ0n) is 15.6. The van der Waals surface area contributed by atoms with Crippen LogP contribution in [-0.2, 0) is 6.61 Å². The van der Waals surface area contributed by atoms with E-state index < -0.39 is 0 Å². The molecule has 4 nitrogen and oxygen atoms in total. The van der Waals surface area contributed by atoms with Gasteiger partial charge in [-0.15, -0.1) is 11.8 Å². The zero-order chi connectivity index (χ0) is 19.9. The molecule has 144 valence electrons. The number of benzene rings is 3. The molecule has 0 saturated carbocycles. The first kappa shape index (κ1) is 20.1. The highest BCUT2D eigenvalue weighted by molar-refractivity contribution is 7.98. The number of ether oxygens (including phenoxy) is 2. The number of rotatable bonds is 7. The normalized spacial score (nSPS) is 10.4. The molecule has 3 aromatic rings. The van der Waals surface area contributed by atoms with Crippen molar-refractivity contribution in [3.05, 3.63) is 82.9 Å². The number of halogens is 1. The lowest BCUT2D eigenvalue weighted by molar-refractivity contribution is 0.102. The van der Waals surface area contributed by atoms with Gasteiger partial charge in [0.1, 0.15) is 18.1 Å². The standard InChI is InChI=1S/C22H20ClNO3S/c1-26-21-11-6-15(22(25)24-18-4-3-5-20(13-18)28-2)12-16(21)14-27-19-9-7-17(23)8-10-19/h3-13H,14H2,1-2H3,(H,24,25). The number of hydrogen-bond acceptors (Lipinski definition) is 4. The fourth-order valence-corrected chi connectivity index (χ4v) is 3.21. The van der Waals surface area contributed by atoms with E-state index in [1.807, 2.05) is 30.5 Å². The Hall–Kier alpha value is -2.63. The van der Waals surface area contributed by atoms with Crippen molar-refractivity contribution in [1.82, 2.24) is 0 Å². The third-order valence-corrected chi connectivity index (χ3v) is 5.06. The number of anilines is 1. The minimum atomic E-state index is -0.186. The Morgan fingerprint density at radius 2 is 1.86 bits per heavy atom. The second-order valence-corrected chi connectivity index (χ2v) is 7.27. The highest BCUT2D eigenvalue weighted by Crippen LogP contribution is 2.24. The van der Waals surface area contributed by atoms with E-state index in [1.165, 1.54) is 0 Å². The molecule has 1 N–H and O–H groups in total. The molecule has 0 bridgehead atoms. The fourth-order valence-electron chi connectivity index (χ4n) is 2.63. The van der Waals surface area contributed by atoms with Crippen molar-refractivity contribution in [2.75, 3.05) is 18.7 Å². The lowest BCUT2D eigenvalue weighted by Crippen LogP contribution is -2.13. The van der Waals surface area contributed by atoms with Gasteiger partial charge in [-0.2, -0.15) is 0 Å². The summed E-state index contributed by atoms with van der Waals surface area (Å²) in [5.41, 5.74) is 2.07. The van der Waals surface area contributed by atoms with Crippen LogP contribution in [0.25, 0.3) is 0 Å². The second-order valence-electron chi connectivity index (χ2n) is 5.96. The van der Waals surface area contributed by atoms with Gasteiger partial charge in [-0.3, -0.25) is 4.79 Å². The van der Waals surface area contributed by atoms with E-state index >= 15 is 0 Å². The van der Waals surface area contributed by atoms with Gasteiger partial charge in [0.25, 0.3) is 5.91 Å². The summed E-state index contributed by atoms with van der Waals surface area (Å²) in [6.45, 7) is 0.272. The van der Waals surface area contributed by atoms with Gasteiger partial charge in [0.2, 0.25) is 0 Å². The van der Waals surface area contributed by atoms with Gasteiger partial charge in [-0.25, -0.2) is 0 Å². The van der Waals surface area contributed by atoms with Crippen molar-refractivity contribution >= 4 is 35.0 Å². The van der Waals surface area contributed by atoms with Crippen molar-refractivity contribution in [2.24, 2.45) is 0 Å². The molecule has 0 fully saturated rings. The third kappa shape index (κ3) is 5.21. The Kier molecular flexibility index (Phi) is 6.85. The first-order valence-corrected chi connectivity index (χ1v) is 10.2. The van der Waals surface area contributed by atoms with E-state index in [0.717, 1.165) is 16.1 Å². The van der Waals surface area contributed by atoms with Crippen LogP contribution in [0.5, 0.6) is 11.5 Å². The van der Waals surface area contributed by atoms with Crippen molar-refractivity contribution in [3.63, 3.8) is 0 Å². The van der Waals surface area contributed by atoms with Crippen LogP contribution in [0.4, 0.5) is 5.69 Å². The quantitative estimate of drug-likeness (QED) is 0.490. The van der Waals surface area contributed by atoms with Crippen LogP contribution in [0.1, 0.15) is 15.9 Å². The molecule has 0 saturated heterocycles. The average Bonchev–Trinajstić information content (AvgIpc) is 2.73. The minimum absolute atomic E-state index is 0.186. The number of hydrogen-bond donors (Lipinski definition) is 1. The van der Waals surface area contributed by atoms with E-state index in [2.05, 4.69) is 5.32 Å². The summed E-state index contributed by atoms with van der Waals surface area (Å²) in [5.74, 6) is 1.17. The largest absolute Gasteiger partial charge is 0.496 e. The molecule has 0 radical (unpaired) electrons. The maximum absolute atomic E-state index is 12.7. The number of amides is 1. The average molecular weight is 414 g/mol. The highest BCUT2D eigenvalue weighted by atomic mass is 35.5. The summed E-state index contributed by atoms with van der Waals surface area (Å²) in [4.78, 5) is 13.8. The van der Waals surface area contributed by atoms with Crippen molar-refractivity contribution in [3.8, 4) is 11.5 Å². The van der Waals surface area contributed by atoms with E-state index in [4.69, 9.17) is 21.1 Å². The third-order valence-electron chi connectivity index (χ3n) is 4.08. The Morgan fingerprint density at radius 1 is 1.07 bits per heavy atom. The fraction of sp³-hybridized carbons (Fsp3) is 0.136. The molecule has 6 heteroatoms. The van der Waals surface area contributed by atoms with Gasteiger partial charge < -0.3 is 14.8 Å². The van der Waals surface area contributed by atoms with E-state index in [9.17, 15) is 4.79 Å². The maximum Gasteiger partial charge on any atom is 0.255 e. The highest BCUT2D eigenvalue weighted by Gasteiger charge is 2.12. The SMILES string of the molecule is COc1ccc(C(=O)Nc2cccc(SC)c2)cc1COc1ccc(Cl)cc1. The summed E-state index contributed by atoms with van der Waals surface area (Å²) >= 11 is 7.52. The van der Waals surface area contributed by atoms with Crippen LogP contribution in [0.3, 0.4) is 0 Å². The molecule has 0 aliphatic carbocycles. The lowest BCUT2D eigenvalue weighted by Gasteiger charge is -2.13. The van der Waals surface area contributed by atoms with E-state index in [-0.39, 0.29) is 12.5 Å². The molecule has 0 aliphatic rings. The topological polar surface area (TPSA) is 47.6 Å². The number of nitrogens with one attached hydrogen (secondary N) is 1. The molecule has 0 heterocycles. The molecule has 28 heavy (non-hydrogen) atoms. The first-order valence-electron chi connectivity index (χ1n) is 8.59. The number of thioether (sulfide) groups is 1. The van der Waals surface area contributed by atoms with Gasteiger partial charge in [-0.1, -0.05) is 17.7 Å². The molecule has 0 aliphatic heterocycles. The van der Waals surface area contributed by atoms with Gasteiger partial charge >= 0.3 is 0 Å². The molecule has 1 amide bonds. The summed E-state index contributed by atoms with van der Waals surface area (Å²) < 4.78 is 11.2. The minimum Gasteiger partial charge on any atom is -0.496 e. The zero-order valence-corrected chi connectivity index (χ0v) is 17.1. The van der Waals surface area contributed by atoms with Crippen LogP contribution in [0, 0.1) is 0 Å². The van der Waals surface area contributed by atoms with Crippen molar-refractivity contribution in [2.45, 2.75) is 11.5 Å². The predicted octanol–water partition coefficient (Wildman–Crippen LogP) is 5.90. The van der Waals surface area contributed by atoms with E-state index in [0.29, 0.717) is 22.1 Å². The molecule has 0 spiro atoms. The molecular weight excluding hydrogens is 394 g/mol. The maximum atomic E-state index is 12.7. The van der Waals surface area contributed by atoms with Crippen LogP contribution in [-0.4, -0.2) is 19.3 Å². The molecule has 0 atom stereocenters. The Bertz CT molecular complexity index is 960. The van der Waals surface area contributed by atoms with Crippen LogP contribution >= 0.6 is 23.4 Å². The summed E-state index contributed by atoms with van der Waals surface area (Å²) in [5, 5.41) is 3.58. The van der Waals surface area contributed by atoms with Crippen molar-refractivity contribution < 1.29 is 14.3 Å². The number of carbonyl (C=O) groups excluding carboxylic acids is 1. The molecule has 3 rings (SSSR count). The molecule has 3 aromatic carbocycles. The Balaban J connectivity index is 1.75. The second kappa shape index (κ2) is 9.53. The van der Waals surface area contributed by atoms with Crippen LogP contribution in [0.15, 0.2) is 71.6 Å². The van der Waals surface area contributed by atoms with Crippen LogP contribution in [0.2, 0.25) is 5.02 Å². The molecule has 0 unspecified atom stereocenters. The molecule has 0 aromatic heterocycles. The Morgan fingerprint density at radius 3 is 2.57 bits per heavy atom. The Labute approximate surface area is 173 Å². The van der Waals surface area contributed by atoms with Gasteiger partial charge in [0, 0.05) is 26.7 Å². The number of methoxy groups -OCH3 is 1. The first-order chi connectivity index (χ1) is 13.6. The van der Waals surface area contributed by atoms with Gasteiger partial charge in [0.05, 0.1) is 7.11 Å².